The van der Waals surface area contributed by atoms with Crippen LogP contribution in [0.2, 0.25) is 0 Å². The van der Waals surface area contributed by atoms with Gasteiger partial charge in [-0.2, -0.15) is 0 Å². The Bertz CT molecular complexity index is 304. The van der Waals surface area contributed by atoms with Crippen molar-refractivity contribution < 1.29 is 0 Å². The molecule has 0 saturated carbocycles. The number of nitrogens with two attached hydrogens (primary N) is 1. The van der Waals surface area contributed by atoms with Crippen molar-refractivity contribution in [2.24, 2.45) is 5.73 Å². The maximum atomic E-state index is 5.74. The molecule has 0 radical (unpaired) electrons. The van der Waals surface area contributed by atoms with Crippen molar-refractivity contribution in [2.45, 2.75) is 32.1 Å². The zero-order valence-corrected chi connectivity index (χ0v) is 8.22. The van der Waals surface area contributed by atoms with Gasteiger partial charge >= 0.3 is 0 Å². The number of aryl methyl sites for hydroxylation is 2. The molecule has 70 valence electrons. The normalized spacial score (nSPS) is 20.3. The monoisotopic (exact) mass is 175 g/mol. The molecule has 0 aromatic heterocycles. The van der Waals surface area contributed by atoms with Crippen molar-refractivity contribution in [3.05, 3.63) is 34.9 Å². The van der Waals surface area contributed by atoms with Crippen LogP contribution in [0.5, 0.6) is 0 Å². The van der Waals surface area contributed by atoms with Crippen LogP contribution in [0.3, 0.4) is 0 Å². The van der Waals surface area contributed by atoms with Gasteiger partial charge in [-0.15, -0.1) is 0 Å². The number of hydrogen-bond donors (Lipinski definition) is 1. The first-order valence-electron chi connectivity index (χ1n) is 5.17. The van der Waals surface area contributed by atoms with E-state index in [1.807, 2.05) is 0 Å². The average Bonchev–Trinajstić information content (AvgIpc) is 2.59. The van der Waals surface area contributed by atoms with E-state index in [0.29, 0.717) is 5.92 Å². The summed E-state index contributed by atoms with van der Waals surface area (Å²) in [6.45, 7) is 3.01. The lowest BCUT2D eigenvalue weighted by molar-refractivity contribution is 0.688. The Kier molecular flexibility index (Phi) is 2.36. The lowest BCUT2D eigenvalue weighted by atomic mass is 9.98. The topological polar surface area (TPSA) is 26.0 Å². The van der Waals surface area contributed by atoms with Crippen LogP contribution in [0.25, 0.3) is 0 Å². The van der Waals surface area contributed by atoms with Crippen molar-refractivity contribution in [2.75, 3.05) is 6.54 Å². The van der Waals surface area contributed by atoms with Crippen molar-refractivity contribution in [3.63, 3.8) is 0 Å². The fraction of sp³-hybridized carbons (Fsp3) is 0.500. The minimum absolute atomic E-state index is 0.626. The second-order valence-electron chi connectivity index (χ2n) is 3.86. The first-order valence-corrected chi connectivity index (χ1v) is 5.17. The molecule has 1 aliphatic rings. The third-order valence-corrected chi connectivity index (χ3v) is 3.11. The largest absolute Gasteiger partial charge is 0.330 e. The van der Waals surface area contributed by atoms with E-state index >= 15 is 0 Å². The van der Waals surface area contributed by atoms with Crippen LogP contribution in [-0.2, 0) is 12.8 Å². The van der Waals surface area contributed by atoms with Crippen LogP contribution in [0.1, 0.15) is 36.0 Å². The number of benzene rings is 1. The maximum Gasteiger partial charge on any atom is -0.000802 e. The molecule has 1 aromatic rings. The Morgan fingerprint density at radius 2 is 2.31 bits per heavy atom. The van der Waals surface area contributed by atoms with E-state index in [2.05, 4.69) is 25.1 Å². The van der Waals surface area contributed by atoms with Crippen LogP contribution in [-0.4, -0.2) is 6.54 Å². The lowest BCUT2D eigenvalue weighted by Gasteiger charge is -2.09. The zero-order valence-electron chi connectivity index (χ0n) is 8.22. The van der Waals surface area contributed by atoms with Gasteiger partial charge in [-0.1, -0.05) is 25.1 Å². The molecule has 0 heterocycles. The zero-order chi connectivity index (χ0) is 9.26. The maximum absolute atomic E-state index is 5.74. The minimum Gasteiger partial charge on any atom is -0.330 e. The first-order chi connectivity index (χ1) is 6.35. The second-order valence-corrected chi connectivity index (χ2v) is 3.86. The summed E-state index contributed by atoms with van der Waals surface area (Å²) in [7, 11) is 0. The molecular formula is C12H17N. The molecule has 0 spiro atoms. The highest BCUT2D eigenvalue weighted by Crippen LogP contribution is 2.32. The SMILES string of the molecule is CCc1ccc2c(c1)C(CN)CC2. The summed E-state index contributed by atoms with van der Waals surface area (Å²) in [5, 5.41) is 0. The Morgan fingerprint density at radius 3 is 3.00 bits per heavy atom. The van der Waals surface area contributed by atoms with Crippen molar-refractivity contribution in [3.8, 4) is 0 Å². The lowest BCUT2D eigenvalue weighted by Crippen LogP contribution is -2.09. The highest BCUT2D eigenvalue weighted by Gasteiger charge is 2.20. The quantitative estimate of drug-likeness (QED) is 0.733. The molecule has 0 aliphatic heterocycles. The number of rotatable bonds is 2. The molecule has 1 atom stereocenters. The third-order valence-electron chi connectivity index (χ3n) is 3.11. The highest BCUT2D eigenvalue weighted by molar-refractivity contribution is 5.38. The van der Waals surface area contributed by atoms with Gasteiger partial charge in [-0.25, -0.2) is 0 Å². The van der Waals surface area contributed by atoms with Gasteiger partial charge in [0.15, 0.2) is 0 Å². The fourth-order valence-corrected chi connectivity index (χ4v) is 2.20. The van der Waals surface area contributed by atoms with Crippen molar-refractivity contribution in [1.82, 2.24) is 0 Å². The van der Waals surface area contributed by atoms with Crippen LogP contribution in [0.15, 0.2) is 18.2 Å². The van der Waals surface area contributed by atoms with E-state index in [0.717, 1.165) is 13.0 Å². The molecule has 0 amide bonds. The second kappa shape index (κ2) is 3.51. The van der Waals surface area contributed by atoms with Crippen molar-refractivity contribution >= 4 is 0 Å². The van der Waals surface area contributed by atoms with Gasteiger partial charge in [-0.3, -0.25) is 0 Å². The molecule has 1 nitrogen and oxygen atoms in total. The Balaban J connectivity index is 2.37. The van der Waals surface area contributed by atoms with Crippen LogP contribution in [0.4, 0.5) is 0 Å². The fourth-order valence-electron chi connectivity index (χ4n) is 2.20. The molecule has 2 rings (SSSR count). The number of fused-ring (bicyclic) bond motifs is 1. The Morgan fingerprint density at radius 1 is 1.46 bits per heavy atom. The van der Waals surface area contributed by atoms with E-state index in [1.165, 1.54) is 29.5 Å². The van der Waals surface area contributed by atoms with E-state index in [4.69, 9.17) is 5.73 Å². The van der Waals surface area contributed by atoms with E-state index < -0.39 is 0 Å². The van der Waals surface area contributed by atoms with Crippen LogP contribution in [0, 0.1) is 0 Å². The predicted molar refractivity (Wildman–Crippen MR) is 55.9 cm³/mol. The van der Waals surface area contributed by atoms with Crippen LogP contribution < -0.4 is 5.73 Å². The van der Waals surface area contributed by atoms with Crippen molar-refractivity contribution in [1.29, 1.82) is 0 Å². The Labute approximate surface area is 80.0 Å². The molecule has 0 saturated heterocycles. The summed E-state index contributed by atoms with van der Waals surface area (Å²) in [6.07, 6.45) is 3.60. The minimum atomic E-state index is 0.626. The van der Waals surface area contributed by atoms with E-state index in [-0.39, 0.29) is 0 Å². The van der Waals surface area contributed by atoms with Gasteiger partial charge in [-0.05, 0) is 48.4 Å². The molecular weight excluding hydrogens is 158 g/mol. The predicted octanol–water partition coefficient (Wildman–Crippen LogP) is 2.24. The Hall–Kier alpha value is -0.820. The molecule has 0 fully saturated rings. The van der Waals surface area contributed by atoms with Gasteiger partial charge < -0.3 is 5.73 Å². The summed E-state index contributed by atoms with van der Waals surface area (Å²) >= 11 is 0. The first kappa shape index (κ1) is 8.76. The van der Waals surface area contributed by atoms with Gasteiger partial charge in [0, 0.05) is 0 Å². The summed E-state index contributed by atoms with van der Waals surface area (Å²) in [4.78, 5) is 0. The molecule has 13 heavy (non-hydrogen) atoms. The van der Waals surface area contributed by atoms with Gasteiger partial charge in [0.25, 0.3) is 0 Å². The molecule has 1 aliphatic carbocycles. The molecule has 1 aromatic carbocycles. The third kappa shape index (κ3) is 1.49. The van der Waals surface area contributed by atoms with Gasteiger partial charge in [0.2, 0.25) is 0 Å². The summed E-state index contributed by atoms with van der Waals surface area (Å²) in [5.41, 5.74) is 10.2. The summed E-state index contributed by atoms with van der Waals surface area (Å²) in [5.74, 6) is 0.626. The standard InChI is InChI=1S/C12H17N/c1-2-9-3-4-10-5-6-11(8-13)12(10)7-9/h3-4,7,11H,2,5-6,8,13H2,1H3. The molecule has 0 bridgehead atoms. The number of hydrogen-bond acceptors (Lipinski definition) is 1. The molecule has 1 heteroatoms. The smallest absolute Gasteiger partial charge is 0.000802 e. The van der Waals surface area contributed by atoms with Gasteiger partial charge in [0.05, 0.1) is 0 Å². The summed E-state index contributed by atoms with van der Waals surface area (Å²) < 4.78 is 0. The van der Waals surface area contributed by atoms with E-state index in [1.54, 1.807) is 0 Å². The summed E-state index contributed by atoms with van der Waals surface area (Å²) in [6, 6.07) is 6.88. The highest BCUT2D eigenvalue weighted by atomic mass is 14.6. The average molecular weight is 175 g/mol. The van der Waals surface area contributed by atoms with Crippen LogP contribution >= 0.6 is 0 Å². The molecule has 2 N–H and O–H groups in total. The molecule has 1 unspecified atom stereocenters. The van der Waals surface area contributed by atoms with E-state index in [9.17, 15) is 0 Å². The van der Waals surface area contributed by atoms with Gasteiger partial charge in [0.1, 0.15) is 0 Å².